The highest BCUT2D eigenvalue weighted by Crippen LogP contribution is 2.24. The van der Waals surface area contributed by atoms with E-state index >= 15 is 0 Å². The molecule has 3 amide bonds. The number of nitrogens with one attached hydrogen (secondary N) is 3. The van der Waals surface area contributed by atoms with Crippen LogP contribution in [0, 0.1) is 5.92 Å². The van der Waals surface area contributed by atoms with Crippen LogP contribution in [0.1, 0.15) is 46.5 Å². The number of ether oxygens (including phenoxy) is 1. The van der Waals surface area contributed by atoms with Gasteiger partial charge in [-0.2, -0.15) is 0 Å². The zero-order valence-corrected chi connectivity index (χ0v) is 20.3. The lowest BCUT2D eigenvalue weighted by Crippen LogP contribution is -2.56. The topological polar surface area (TPSA) is 134 Å². The molecule has 4 N–H and O–H groups in total. The largest absolute Gasteiger partial charge is 0.457 e. The number of aliphatic hydroxyl groups is 1. The Hall–Kier alpha value is -1.72. The summed E-state index contributed by atoms with van der Waals surface area (Å²) in [7, 11) is 3.03. The van der Waals surface area contributed by atoms with E-state index in [4.69, 9.17) is 4.74 Å². The van der Waals surface area contributed by atoms with Gasteiger partial charge in [0.2, 0.25) is 17.7 Å². The van der Waals surface area contributed by atoms with Crippen molar-refractivity contribution >= 4 is 45.3 Å². The molecular weight excluding hydrogens is 454 g/mol. The number of allylic oxidation sites excluding steroid dienone is 1. The second-order valence-electron chi connectivity index (χ2n) is 8.42. The molecule has 11 heteroatoms. The Morgan fingerprint density at radius 2 is 1.84 bits per heavy atom. The van der Waals surface area contributed by atoms with Gasteiger partial charge in [0.15, 0.2) is 0 Å². The standard InChI is InChI=1S/C21H33N3O6S2/c1-12(2)8-15-17(25)10-19(27)30-14-6-4-5-7-31-32-11-16(21(29)23-15)24-20(28)13(3)22-18(26)9-14/h4,6,12-17,25H,5,7-11H2,1-3H3,(H,22,26)(H,23,29)(H,24,28). The minimum atomic E-state index is -1.16. The van der Waals surface area contributed by atoms with Crippen molar-refractivity contribution in [3.8, 4) is 0 Å². The Bertz CT molecular complexity index is 718. The van der Waals surface area contributed by atoms with E-state index in [0.717, 1.165) is 5.75 Å². The second-order valence-corrected chi connectivity index (χ2v) is 11.0. The summed E-state index contributed by atoms with van der Waals surface area (Å²) in [6, 6.07) is -2.41. The van der Waals surface area contributed by atoms with Crippen molar-refractivity contribution in [2.24, 2.45) is 5.92 Å². The number of fused-ring (bicyclic) bond motifs is 7. The van der Waals surface area contributed by atoms with Crippen LogP contribution >= 0.6 is 21.6 Å². The maximum absolute atomic E-state index is 13.0. The normalized spacial score (nSPS) is 31.5. The van der Waals surface area contributed by atoms with Gasteiger partial charge in [0, 0.05) is 11.5 Å². The van der Waals surface area contributed by atoms with Gasteiger partial charge in [-0.1, -0.05) is 41.5 Å². The lowest BCUT2D eigenvalue weighted by molar-refractivity contribution is -0.151. The molecule has 0 aromatic heterocycles. The predicted molar refractivity (Wildman–Crippen MR) is 125 cm³/mol. The summed E-state index contributed by atoms with van der Waals surface area (Å²) in [6.07, 6.45) is 2.21. The molecule has 0 aromatic carbocycles. The molecule has 2 aliphatic rings. The van der Waals surface area contributed by atoms with E-state index in [1.165, 1.54) is 17.7 Å². The summed E-state index contributed by atoms with van der Waals surface area (Å²) >= 11 is 0. The summed E-state index contributed by atoms with van der Waals surface area (Å²) in [5.74, 6) is -0.823. The molecular formula is C21H33N3O6S2. The van der Waals surface area contributed by atoms with Crippen molar-refractivity contribution < 1.29 is 29.0 Å². The zero-order chi connectivity index (χ0) is 23.7. The highest BCUT2D eigenvalue weighted by Gasteiger charge is 2.31. The molecule has 2 heterocycles. The lowest BCUT2D eigenvalue weighted by Gasteiger charge is -2.28. The first-order chi connectivity index (χ1) is 15.2. The van der Waals surface area contributed by atoms with Gasteiger partial charge in [0.25, 0.3) is 0 Å². The van der Waals surface area contributed by atoms with Gasteiger partial charge in [0.05, 0.1) is 25.0 Å². The van der Waals surface area contributed by atoms with E-state index in [1.807, 2.05) is 19.9 Å². The van der Waals surface area contributed by atoms with E-state index in [1.54, 1.807) is 16.9 Å². The molecule has 2 rings (SSSR count). The quantitative estimate of drug-likeness (QED) is 0.257. The third-order valence-electron chi connectivity index (χ3n) is 5.00. The summed E-state index contributed by atoms with van der Waals surface area (Å²) < 4.78 is 5.45. The third-order valence-corrected chi connectivity index (χ3v) is 7.45. The average molecular weight is 488 g/mol. The van der Waals surface area contributed by atoms with Gasteiger partial charge < -0.3 is 25.8 Å². The van der Waals surface area contributed by atoms with Gasteiger partial charge in [-0.15, -0.1) is 0 Å². The molecule has 0 saturated carbocycles. The number of esters is 1. The van der Waals surface area contributed by atoms with Crippen LogP contribution in [-0.2, 0) is 23.9 Å². The highest BCUT2D eigenvalue weighted by atomic mass is 33.1. The fourth-order valence-electron chi connectivity index (χ4n) is 3.35. The van der Waals surface area contributed by atoms with E-state index < -0.39 is 54.0 Å². The molecule has 2 aliphatic heterocycles. The van der Waals surface area contributed by atoms with E-state index in [-0.39, 0.29) is 18.8 Å². The second kappa shape index (κ2) is 13.1. The van der Waals surface area contributed by atoms with Crippen molar-refractivity contribution in [1.29, 1.82) is 0 Å². The molecule has 5 unspecified atom stereocenters. The Balaban J connectivity index is 2.40. The number of amides is 3. The number of aliphatic hydroxyl groups excluding tert-OH is 1. The molecule has 0 spiro atoms. The molecule has 5 atom stereocenters. The Morgan fingerprint density at radius 1 is 1.09 bits per heavy atom. The van der Waals surface area contributed by atoms with Crippen LogP contribution in [0.4, 0.5) is 0 Å². The van der Waals surface area contributed by atoms with E-state index in [0.29, 0.717) is 18.6 Å². The van der Waals surface area contributed by atoms with Crippen molar-refractivity contribution in [2.75, 3.05) is 11.5 Å². The Morgan fingerprint density at radius 3 is 2.56 bits per heavy atom. The van der Waals surface area contributed by atoms with Crippen LogP contribution in [0.3, 0.4) is 0 Å². The molecule has 0 aromatic rings. The number of hydrogen-bond acceptors (Lipinski definition) is 8. The minimum absolute atomic E-state index is 0.145. The van der Waals surface area contributed by atoms with Gasteiger partial charge >= 0.3 is 5.97 Å². The maximum Gasteiger partial charge on any atom is 0.309 e. The average Bonchev–Trinajstić information content (AvgIpc) is 2.69. The van der Waals surface area contributed by atoms with Gasteiger partial charge in [-0.25, -0.2) is 0 Å². The van der Waals surface area contributed by atoms with E-state index in [9.17, 15) is 24.3 Å². The minimum Gasteiger partial charge on any atom is -0.457 e. The van der Waals surface area contributed by atoms with Crippen LogP contribution in [0.25, 0.3) is 0 Å². The Kier molecular flexibility index (Phi) is 10.9. The fraction of sp³-hybridized carbons (Fsp3) is 0.714. The molecule has 2 bridgehead atoms. The molecule has 1 fully saturated rings. The predicted octanol–water partition coefficient (Wildman–Crippen LogP) is 0.915. The number of rotatable bonds is 2. The SMILES string of the molecule is CC(C)CC1NC(=O)C2CSSCCC=CC(CC(=O)NC(C)C(=O)N2)OC(=O)CC1O. The highest BCUT2D eigenvalue weighted by molar-refractivity contribution is 8.76. The van der Waals surface area contributed by atoms with Gasteiger partial charge in [-0.3, -0.25) is 19.2 Å². The summed E-state index contributed by atoms with van der Waals surface area (Å²) in [5, 5.41) is 18.8. The molecule has 0 radical (unpaired) electrons. The summed E-state index contributed by atoms with van der Waals surface area (Å²) in [6.45, 7) is 5.43. The maximum atomic E-state index is 13.0. The molecule has 180 valence electrons. The third kappa shape index (κ3) is 9.03. The van der Waals surface area contributed by atoms with Crippen LogP contribution in [0.5, 0.6) is 0 Å². The molecule has 1 saturated heterocycles. The first-order valence-electron chi connectivity index (χ1n) is 10.8. The Labute approximate surface area is 196 Å². The molecule has 32 heavy (non-hydrogen) atoms. The van der Waals surface area contributed by atoms with Crippen LogP contribution in [-0.4, -0.2) is 70.6 Å². The lowest BCUT2D eigenvalue weighted by atomic mass is 9.97. The first-order valence-corrected chi connectivity index (χ1v) is 13.3. The van der Waals surface area contributed by atoms with Crippen molar-refractivity contribution in [2.45, 2.75) is 76.8 Å². The van der Waals surface area contributed by atoms with E-state index in [2.05, 4.69) is 16.0 Å². The van der Waals surface area contributed by atoms with Gasteiger partial charge in [0.1, 0.15) is 18.2 Å². The number of carbonyl (C=O) groups is 4. The molecule has 9 nitrogen and oxygen atoms in total. The summed E-state index contributed by atoms with van der Waals surface area (Å²) in [5.41, 5.74) is 0. The van der Waals surface area contributed by atoms with Crippen LogP contribution < -0.4 is 16.0 Å². The number of carbonyl (C=O) groups excluding carboxylic acids is 4. The van der Waals surface area contributed by atoms with Crippen molar-refractivity contribution in [3.05, 3.63) is 12.2 Å². The van der Waals surface area contributed by atoms with Crippen LogP contribution in [0.15, 0.2) is 12.2 Å². The number of hydrogen-bond donors (Lipinski definition) is 4. The van der Waals surface area contributed by atoms with Crippen molar-refractivity contribution in [3.63, 3.8) is 0 Å². The molecule has 0 aliphatic carbocycles. The fourth-order valence-corrected chi connectivity index (χ4v) is 5.51. The smallest absolute Gasteiger partial charge is 0.309 e. The monoisotopic (exact) mass is 487 g/mol. The first kappa shape index (κ1) is 26.5. The van der Waals surface area contributed by atoms with Crippen molar-refractivity contribution in [1.82, 2.24) is 16.0 Å². The zero-order valence-electron chi connectivity index (χ0n) is 18.7. The van der Waals surface area contributed by atoms with Crippen LogP contribution in [0.2, 0.25) is 0 Å². The summed E-state index contributed by atoms with van der Waals surface area (Å²) in [4.78, 5) is 50.6. The van der Waals surface area contributed by atoms with Gasteiger partial charge in [-0.05, 0) is 31.8 Å².